The molecule has 2 aromatic heterocycles. The molecule has 6 nitrogen and oxygen atoms in total. The number of rotatable bonds is 5. The van der Waals surface area contributed by atoms with Gasteiger partial charge in [0.1, 0.15) is 6.07 Å². The lowest BCUT2D eigenvalue weighted by Crippen LogP contribution is -2.08. The topological polar surface area (TPSA) is 80.8 Å². The van der Waals surface area contributed by atoms with Gasteiger partial charge in [0.25, 0.3) is 0 Å². The van der Waals surface area contributed by atoms with Gasteiger partial charge in [-0.2, -0.15) is 10.4 Å². The number of aromatic nitrogens is 3. The van der Waals surface area contributed by atoms with Crippen LogP contribution in [0.25, 0.3) is 17.3 Å². The molecule has 0 unspecified atom stereocenters. The summed E-state index contributed by atoms with van der Waals surface area (Å²) >= 11 is 0. The van der Waals surface area contributed by atoms with E-state index in [-0.39, 0.29) is 12.3 Å². The maximum absolute atomic E-state index is 12.3. The molecule has 0 saturated carbocycles. The van der Waals surface area contributed by atoms with Gasteiger partial charge in [-0.25, -0.2) is 9.48 Å². The number of carbonyl (C=O) groups excluding carboxylic acids is 1. The Kier molecular flexibility index (Phi) is 5.20. The van der Waals surface area contributed by atoms with Gasteiger partial charge >= 0.3 is 5.97 Å². The van der Waals surface area contributed by atoms with Crippen molar-refractivity contribution >= 4 is 17.6 Å². The largest absolute Gasteiger partial charge is 0.461 e. The monoisotopic (exact) mass is 344 g/mol. The highest BCUT2D eigenvalue weighted by atomic mass is 16.5. The smallest absolute Gasteiger partial charge is 0.359 e. The van der Waals surface area contributed by atoms with E-state index in [2.05, 4.69) is 16.2 Å². The number of nitriles is 1. The van der Waals surface area contributed by atoms with Crippen molar-refractivity contribution < 1.29 is 9.53 Å². The van der Waals surface area contributed by atoms with E-state index < -0.39 is 5.97 Å². The van der Waals surface area contributed by atoms with Crippen molar-refractivity contribution in [2.75, 3.05) is 6.61 Å². The summed E-state index contributed by atoms with van der Waals surface area (Å²) in [5, 5.41) is 13.8. The minimum Gasteiger partial charge on any atom is -0.461 e. The summed E-state index contributed by atoms with van der Waals surface area (Å²) < 4.78 is 6.68. The van der Waals surface area contributed by atoms with Gasteiger partial charge in [-0.1, -0.05) is 24.3 Å². The standard InChI is InChI=1S/C20H16N4O2/c1-2-26-20(25)19-16(12-15(13-21)18-10-6-7-11-22-18)14-24(23-19)17-8-4-3-5-9-17/h3-12,14H,2H2,1H3. The molecule has 3 aromatic rings. The number of ether oxygens (including phenoxy) is 1. The minimum absolute atomic E-state index is 0.152. The van der Waals surface area contributed by atoms with Gasteiger partial charge in [0.15, 0.2) is 5.69 Å². The summed E-state index contributed by atoms with van der Waals surface area (Å²) in [6.45, 7) is 1.97. The van der Waals surface area contributed by atoms with Crippen LogP contribution in [0.4, 0.5) is 0 Å². The molecule has 0 spiro atoms. The molecule has 0 amide bonds. The SMILES string of the molecule is CCOC(=O)c1nn(-c2ccccc2)cc1C=C(C#N)c1ccccn1. The number of pyridine rings is 1. The molecule has 128 valence electrons. The van der Waals surface area contributed by atoms with E-state index in [1.165, 1.54) is 0 Å². The number of para-hydroxylation sites is 1. The predicted molar refractivity (Wildman–Crippen MR) is 97.2 cm³/mol. The number of benzene rings is 1. The summed E-state index contributed by atoms with van der Waals surface area (Å²) in [5.74, 6) is -0.535. The zero-order valence-electron chi connectivity index (χ0n) is 14.2. The van der Waals surface area contributed by atoms with Crippen molar-refractivity contribution in [1.82, 2.24) is 14.8 Å². The van der Waals surface area contributed by atoms with Gasteiger partial charge in [-0.3, -0.25) is 4.98 Å². The van der Waals surface area contributed by atoms with Crippen LogP contribution in [0.3, 0.4) is 0 Å². The first-order valence-electron chi connectivity index (χ1n) is 8.08. The third kappa shape index (κ3) is 3.68. The van der Waals surface area contributed by atoms with Crippen LogP contribution in [-0.4, -0.2) is 27.3 Å². The maximum Gasteiger partial charge on any atom is 0.359 e. The average Bonchev–Trinajstić information content (AvgIpc) is 3.12. The molecule has 0 atom stereocenters. The molecule has 0 aliphatic heterocycles. The molecule has 0 aliphatic rings. The Bertz CT molecular complexity index is 970. The summed E-state index contributed by atoms with van der Waals surface area (Å²) in [6, 6.07) is 16.8. The molecule has 26 heavy (non-hydrogen) atoms. The molecule has 1 aromatic carbocycles. The summed E-state index contributed by atoms with van der Waals surface area (Å²) in [7, 11) is 0. The Morgan fingerprint density at radius 3 is 2.65 bits per heavy atom. The Balaban J connectivity index is 2.10. The van der Waals surface area contributed by atoms with E-state index >= 15 is 0 Å². The lowest BCUT2D eigenvalue weighted by atomic mass is 10.1. The number of hydrogen-bond acceptors (Lipinski definition) is 5. The Labute approximate surface area is 151 Å². The molecular weight excluding hydrogens is 328 g/mol. The van der Waals surface area contributed by atoms with E-state index in [0.29, 0.717) is 16.8 Å². The molecule has 0 saturated heterocycles. The fraction of sp³-hybridized carbons (Fsp3) is 0.100. The molecule has 0 radical (unpaired) electrons. The van der Waals surface area contributed by atoms with Crippen LogP contribution < -0.4 is 0 Å². The summed E-state index contributed by atoms with van der Waals surface area (Å²) in [6.07, 6.45) is 4.91. The molecule has 6 heteroatoms. The zero-order chi connectivity index (χ0) is 18.4. The quantitative estimate of drug-likeness (QED) is 0.522. The van der Waals surface area contributed by atoms with Crippen molar-refractivity contribution in [3.05, 3.63) is 77.9 Å². The van der Waals surface area contributed by atoms with Crippen LogP contribution in [0.2, 0.25) is 0 Å². The van der Waals surface area contributed by atoms with Gasteiger partial charge in [-0.05, 0) is 37.3 Å². The van der Waals surface area contributed by atoms with Crippen LogP contribution >= 0.6 is 0 Å². The first kappa shape index (κ1) is 17.1. The molecule has 0 bridgehead atoms. The third-order valence-corrected chi connectivity index (χ3v) is 3.59. The lowest BCUT2D eigenvalue weighted by Gasteiger charge is -2.00. The van der Waals surface area contributed by atoms with Crippen LogP contribution in [-0.2, 0) is 4.74 Å². The van der Waals surface area contributed by atoms with Crippen LogP contribution in [0, 0.1) is 11.3 Å². The van der Waals surface area contributed by atoms with Gasteiger partial charge < -0.3 is 4.74 Å². The molecule has 3 rings (SSSR count). The zero-order valence-corrected chi connectivity index (χ0v) is 14.2. The number of esters is 1. The van der Waals surface area contributed by atoms with Crippen molar-refractivity contribution in [2.45, 2.75) is 6.92 Å². The Morgan fingerprint density at radius 1 is 1.23 bits per heavy atom. The third-order valence-electron chi connectivity index (χ3n) is 3.59. The van der Waals surface area contributed by atoms with Gasteiger partial charge in [-0.15, -0.1) is 0 Å². The van der Waals surface area contributed by atoms with Gasteiger partial charge in [0.05, 0.1) is 23.6 Å². The first-order valence-corrected chi connectivity index (χ1v) is 8.08. The van der Waals surface area contributed by atoms with Gasteiger partial charge in [0, 0.05) is 18.0 Å². The van der Waals surface area contributed by atoms with E-state index in [9.17, 15) is 10.1 Å². The number of carbonyl (C=O) groups is 1. The molecule has 0 N–H and O–H groups in total. The minimum atomic E-state index is -0.535. The van der Waals surface area contributed by atoms with E-state index in [1.54, 1.807) is 48.3 Å². The van der Waals surface area contributed by atoms with Crippen molar-refractivity contribution in [1.29, 1.82) is 5.26 Å². The summed E-state index contributed by atoms with van der Waals surface area (Å²) in [4.78, 5) is 16.5. The number of hydrogen-bond donors (Lipinski definition) is 0. The summed E-state index contributed by atoms with van der Waals surface area (Å²) in [5.41, 5.74) is 2.31. The average molecular weight is 344 g/mol. The number of allylic oxidation sites excluding steroid dienone is 1. The second-order valence-electron chi connectivity index (χ2n) is 5.32. The number of nitrogens with zero attached hydrogens (tertiary/aromatic N) is 4. The molecule has 2 heterocycles. The van der Waals surface area contributed by atoms with E-state index in [1.807, 2.05) is 30.3 Å². The first-order chi connectivity index (χ1) is 12.7. The highest BCUT2D eigenvalue weighted by Gasteiger charge is 2.18. The predicted octanol–water partition coefficient (Wildman–Crippen LogP) is 3.51. The Hall–Kier alpha value is -3.72. The van der Waals surface area contributed by atoms with E-state index in [0.717, 1.165) is 5.69 Å². The second-order valence-corrected chi connectivity index (χ2v) is 5.32. The highest BCUT2D eigenvalue weighted by Crippen LogP contribution is 2.20. The van der Waals surface area contributed by atoms with Crippen molar-refractivity contribution in [3.63, 3.8) is 0 Å². The van der Waals surface area contributed by atoms with E-state index in [4.69, 9.17) is 4.74 Å². The molecular formula is C20H16N4O2. The normalized spacial score (nSPS) is 11.0. The van der Waals surface area contributed by atoms with Crippen LogP contribution in [0.15, 0.2) is 60.9 Å². The lowest BCUT2D eigenvalue weighted by molar-refractivity contribution is 0.0518. The fourth-order valence-electron chi connectivity index (χ4n) is 2.41. The van der Waals surface area contributed by atoms with Gasteiger partial charge in [0.2, 0.25) is 0 Å². The Morgan fingerprint density at radius 2 is 2.00 bits per heavy atom. The fourth-order valence-corrected chi connectivity index (χ4v) is 2.41. The van der Waals surface area contributed by atoms with Crippen LogP contribution in [0.1, 0.15) is 28.7 Å². The molecule has 0 fully saturated rings. The molecule has 0 aliphatic carbocycles. The van der Waals surface area contributed by atoms with Crippen molar-refractivity contribution in [3.8, 4) is 11.8 Å². The maximum atomic E-state index is 12.3. The highest BCUT2D eigenvalue weighted by molar-refractivity contribution is 5.96. The second kappa shape index (κ2) is 7.90. The van der Waals surface area contributed by atoms with Crippen molar-refractivity contribution in [2.24, 2.45) is 0 Å². The van der Waals surface area contributed by atoms with Crippen LogP contribution in [0.5, 0.6) is 0 Å².